The van der Waals surface area contributed by atoms with Gasteiger partial charge in [-0.2, -0.15) is 0 Å². The molecule has 64 valence electrons. The molecule has 0 aromatic heterocycles. The SMILES string of the molecule is CC1(C)CCCC1(C)CC=O. The lowest BCUT2D eigenvalue weighted by molar-refractivity contribution is -0.111. The zero-order valence-electron chi connectivity index (χ0n) is 7.81. The van der Waals surface area contributed by atoms with Crippen LogP contribution in [0.2, 0.25) is 0 Å². The molecule has 0 spiro atoms. The Balaban J connectivity index is 2.75. The Labute approximate surface area is 69.2 Å². The highest BCUT2D eigenvalue weighted by Crippen LogP contribution is 2.53. The summed E-state index contributed by atoms with van der Waals surface area (Å²) in [4.78, 5) is 10.5. The molecule has 1 unspecified atom stereocenters. The summed E-state index contributed by atoms with van der Waals surface area (Å²) in [6.07, 6.45) is 5.60. The summed E-state index contributed by atoms with van der Waals surface area (Å²) in [6, 6.07) is 0. The van der Waals surface area contributed by atoms with Gasteiger partial charge in [0.25, 0.3) is 0 Å². The van der Waals surface area contributed by atoms with E-state index in [1.54, 1.807) is 0 Å². The van der Waals surface area contributed by atoms with Crippen molar-refractivity contribution >= 4 is 6.29 Å². The lowest BCUT2D eigenvalue weighted by Crippen LogP contribution is -2.29. The second-order valence-electron chi connectivity index (χ2n) is 4.67. The van der Waals surface area contributed by atoms with Crippen LogP contribution < -0.4 is 0 Å². The van der Waals surface area contributed by atoms with E-state index in [1.165, 1.54) is 19.3 Å². The van der Waals surface area contributed by atoms with Gasteiger partial charge in [0.05, 0.1) is 0 Å². The van der Waals surface area contributed by atoms with E-state index in [1.807, 2.05) is 0 Å². The van der Waals surface area contributed by atoms with Crippen molar-refractivity contribution in [3.8, 4) is 0 Å². The maximum Gasteiger partial charge on any atom is 0.120 e. The lowest BCUT2D eigenvalue weighted by atomic mass is 9.68. The molecule has 0 aromatic carbocycles. The van der Waals surface area contributed by atoms with E-state index in [-0.39, 0.29) is 5.41 Å². The smallest absolute Gasteiger partial charge is 0.120 e. The van der Waals surface area contributed by atoms with Crippen molar-refractivity contribution in [2.45, 2.75) is 46.5 Å². The second-order valence-corrected chi connectivity index (χ2v) is 4.67. The highest BCUT2D eigenvalue weighted by atomic mass is 16.1. The van der Waals surface area contributed by atoms with Gasteiger partial charge in [-0.1, -0.05) is 27.2 Å². The third kappa shape index (κ3) is 1.33. The molecule has 1 aliphatic carbocycles. The van der Waals surface area contributed by atoms with E-state index in [0.29, 0.717) is 5.41 Å². The van der Waals surface area contributed by atoms with Crippen molar-refractivity contribution in [2.24, 2.45) is 10.8 Å². The van der Waals surface area contributed by atoms with Crippen LogP contribution in [0.3, 0.4) is 0 Å². The summed E-state index contributed by atoms with van der Waals surface area (Å²) >= 11 is 0. The molecule has 0 radical (unpaired) electrons. The zero-order chi connectivity index (χ0) is 8.54. The summed E-state index contributed by atoms with van der Waals surface area (Å²) in [7, 11) is 0. The lowest BCUT2D eigenvalue weighted by Gasteiger charge is -2.37. The number of carbonyl (C=O) groups is 1. The molecular formula is C10H18O. The van der Waals surface area contributed by atoms with E-state index in [2.05, 4.69) is 20.8 Å². The van der Waals surface area contributed by atoms with Crippen LogP contribution in [-0.2, 0) is 4.79 Å². The maximum absolute atomic E-state index is 10.5. The second kappa shape index (κ2) is 2.62. The van der Waals surface area contributed by atoms with E-state index < -0.39 is 0 Å². The number of aldehydes is 1. The quantitative estimate of drug-likeness (QED) is 0.559. The van der Waals surface area contributed by atoms with Gasteiger partial charge < -0.3 is 4.79 Å². The van der Waals surface area contributed by atoms with Crippen molar-refractivity contribution in [3.05, 3.63) is 0 Å². The molecule has 1 aliphatic rings. The van der Waals surface area contributed by atoms with Crippen molar-refractivity contribution in [2.75, 3.05) is 0 Å². The summed E-state index contributed by atoms with van der Waals surface area (Å²) in [5.74, 6) is 0. The number of carbonyl (C=O) groups excluding carboxylic acids is 1. The fourth-order valence-corrected chi connectivity index (χ4v) is 2.12. The molecule has 0 N–H and O–H groups in total. The third-order valence-corrected chi connectivity index (χ3v) is 3.70. The van der Waals surface area contributed by atoms with E-state index in [9.17, 15) is 4.79 Å². The predicted molar refractivity (Wildman–Crippen MR) is 46.4 cm³/mol. The molecular weight excluding hydrogens is 136 g/mol. The summed E-state index contributed by atoms with van der Waals surface area (Å²) in [5, 5.41) is 0. The largest absolute Gasteiger partial charge is 0.303 e. The molecule has 1 saturated carbocycles. The van der Waals surface area contributed by atoms with Crippen LogP contribution in [-0.4, -0.2) is 6.29 Å². The molecule has 1 atom stereocenters. The number of rotatable bonds is 2. The standard InChI is InChI=1S/C10H18O/c1-9(2)5-4-6-10(9,3)7-8-11/h8H,4-7H2,1-3H3. The molecule has 1 heteroatoms. The minimum absolute atomic E-state index is 0.273. The van der Waals surface area contributed by atoms with Gasteiger partial charge in [-0.3, -0.25) is 0 Å². The third-order valence-electron chi connectivity index (χ3n) is 3.70. The van der Waals surface area contributed by atoms with Crippen LogP contribution in [0.25, 0.3) is 0 Å². The fourth-order valence-electron chi connectivity index (χ4n) is 2.12. The minimum atomic E-state index is 0.273. The predicted octanol–water partition coefficient (Wildman–Crippen LogP) is 2.79. The van der Waals surface area contributed by atoms with Crippen molar-refractivity contribution in [1.82, 2.24) is 0 Å². The van der Waals surface area contributed by atoms with Crippen LogP contribution in [0.15, 0.2) is 0 Å². The van der Waals surface area contributed by atoms with Gasteiger partial charge in [0.15, 0.2) is 0 Å². The van der Waals surface area contributed by atoms with Gasteiger partial charge in [-0.25, -0.2) is 0 Å². The van der Waals surface area contributed by atoms with Crippen molar-refractivity contribution < 1.29 is 4.79 Å². The van der Waals surface area contributed by atoms with Crippen LogP contribution in [0.1, 0.15) is 46.5 Å². The van der Waals surface area contributed by atoms with Gasteiger partial charge in [-0.05, 0) is 23.7 Å². The molecule has 1 fully saturated rings. The van der Waals surface area contributed by atoms with Gasteiger partial charge >= 0.3 is 0 Å². The molecule has 0 aliphatic heterocycles. The van der Waals surface area contributed by atoms with Gasteiger partial charge in [-0.15, -0.1) is 0 Å². The summed E-state index contributed by atoms with van der Waals surface area (Å²) in [6.45, 7) is 6.81. The number of hydrogen-bond acceptors (Lipinski definition) is 1. The first-order chi connectivity index (χ1) is 5.02. The van der Waals surface area contributed by atoms with Gasteiger partial charge in [0.2, 0.25) is 0 Å². The van der Waals surface area contributed by atoms with Crippen LogP contribution >= 0.6 is 0 Å². The monoisotopic (exact) mass is 154 g/mol. The van der Waals surface area contributed by atoms with Crippen LogP contribution in [0, 0.1) is 10.8 Å². The van der Waals surface area contributed by atoms with Crippen LogP contribution in [0.4, 0.5) is 0 Å². The number of hydrogen-bond donors (Lipinski definition) is 0. The summed E-state index contributed by atoms with van der Waals surface area (Å²) in [5.41, 5.74) is 0.642. The Bertz CT molecular complexity index is 160. The first kappa shape index (κ1) is 8.76. The van der Waals surface area contributed by atoms with E-state index >= 15 is 0 Å². The van der Waals surface area contributed by atoms with Gasteiger partial charge in [0, 0.05) is 6.42 Å². The minimum Gasteiger partial charge on any atom is -0.303 e. The Hall–Kier alpha value is -0.330. The molecule has 1 rings (SSSR count). The maximum atomic E-state index is 10.5. The Morgan fingerprint density at radius 1 is 1.27 bits per heavy atom. The molecule has 11 heavy (non-hydrogen) atoms. The Kier molecular flexibility index (Phi) is 2.08. The van der Waals surface area contributed by atoms with Crippen molar-refractivity contribution in [3.63, 3.8) is 0 Å². The normalized spacial score (nSPS) is 35.5. The first-order valence-electron chi connectivity index (χ1n) is 4.45. The molecule has 0 bridgehead atoms. The zero-order valence-corrected chi connectivity index (χ0v) is 7.81. The molecule has 0 heterocycles. The van der Waals surface area contributed by atoms with E-state index in [4.69, 9.17) is 0 Å². The molecule has 0 saturated heterocycles. The highest BCUT2D eigenvalue weighted by Gasteiger charge is 2.44. The average Bonchev–Trinajstić information content (AvgIpc) is 2.09. The van der Waals surface area contributed by atoms with Crippen molar-refractivity contribution in [1.29, 1.82) is 0 Å². The van der Waals surface area contributed by atoms with Crippen LogP contribution in [0.5, 0.6) is 0 Å². The Morgan fingerprint density at radius 2 is 1.91 bits per heavy atom. The topological polar surface area (TPSA) is 17.1 Å². The Morgan fingerprint density at radius 3 is 2.27 bits per heavy atom. The molecule has 0 aromatic rings. The molecule has 1 nitrogen and oxygen atoms in total. The average molecular weight is 154 g/mol. The first-order valence-corrected chi connectivity index (χ1v) is 4.45. The molecule has 0 amide bonds. The van der Waals surface area contributed by atoms with Gasteiger partial charge in [0.1, 0.15) is 6.29 Å². The highest BCUT2D eigenvalue weighted by molar-refractivity contribution is 5.51. The summed E-state index contributed by atoms with van der Waals surface area (Å²) < 4.78 is 0. The van der Waals surface area contributed by atoms with E-state index in [0.717, 1.165) is 12.7 Å². The fraction of sp³-hybridized carbons (Fsp3) is 0.900.